The lowest BCUT2D eigenvalue weighted by atomic mass is 9.87. The third kappa shape index (κ3) is 2.08. The maximum Gasteiger partial charge on any atom is 0.414 e. The normalized spacial score (nSPS) is 30.2. The number of carbonyl (C=O) groups excluding carboxylic acids is 2. The third-order valence-electron chi connectivity index (χ3n) is 3.22. The Labute approximate surface area is 102 Å². The van der Waals surface area contributed by atoms with Gasteiger partial charge in [-0.25, -0.2) is 4.79 Å². The Hall–Kier alpha value is -1.32. The molecule has 1 amide bonds. The first-order valence-corrected chi connectivity index (χ1v) is 6.03. The Morgan fingerprint density at radius 3 is 2.59 bits per heavy atom. The van der Waals surface area contributed by atoms with E-state index < -0.39 is 5.60 Å². The summed E-state index contributed by atoms with van der Waals surface area (Å²) in [4.78, 5) is 25.1. The van der Waals surface area contributed by atoms with E-state index in [0.29, 0.717) is 12.8 Å². The molecule has 0 aromatic heterocycles. The van der Waals surface area contributed by atoms with E-state index >= 15 is 0 Å². The summed E-state index contributed by atoms with van der Waals surface area (Å²) >= 11 is 0. The Morgan fingerprint density at radius 2 is 2.06 bits per heavy atom. The summed E-state index contributed by atoms with van der Waals surface area (Å²) in [5.41, 5.74) is 0.444. The number of ether oxygens (including phenoxy) is 1. The van der Waals surface area contributed by atoms with Crippen LogP contribution in [0.25, 0.3) is 0 Å². The van der Waals surface area contributed by atoms with Gasteiger partial charge in [-0.2, -0.15) is 0 Å². The largest absolute Gasteiger partial charge is 0.443 e. The first-order chi connectivity index (χ1) is 7.83. The highest BCUT2D eigenvalue weighted by Crippen LogP contribution is 2.46. The van der Waals surface area contributed by atoms with Crippen LogP contribution < -0.4 is 0 Å². The Morgan fingerprint density at radius 1 is 1.41 bits per heavy atom. The van der Waals surface area contributed by atoms with Crippen LogP contribution in [0.4, 0.5) is 4.79 Å². The average Bonchev–Trinajstić information content (AvgIpc) is 2.44. The van der Waals surface area contributed by atoms with Gasteiger partial charge in [0.2, 0.25) is 0 Å². The van der Waals surface area contributed by atoms with Crippen LogP contribution in [0.15, 0.2) is 11.8 Å². The van der Waals surface area contributed by atoms with Gasteiger partial charge in [-0.3, -0.25) is 9.69 Å². The number of likely N-dealkylation sites (tertiary alicyclic amines) is 1. The number of rotatable bonds is 0. The molecule has 0 spiro atoms. The highest BCUT2D eigenvalue weighted by Gasteiger charge is 2.52. The lowest BCUT2D eigenvalue weighted by molar-refractivity contribution is -0.117. The van der Waals surface area contributed by atoms with E-state index in [-0.39, 0.29) is 23.8 Å². The molecule has 0 radical (unpaired) electrons. The van der Waals surface area contributed by atoms with E-state index in [4.69, 9.17) is 4.74 Å². The van der Waals surface area contributed by atoms with E-state index in [1.54, 1.807) is 4.90 Å². The highest BCUT2D eigenvalue weighted by atomic mass is 16.6. The zero-order chi connectivity index (χ0) is 12.8. The van der Waals surface area contributed by atoms with Gasteiger partial charge >= 0.3 is 6.09 Å². The minimum absolute atomic E-state index is 0.0311. The van der Waals surface area contributed by atoms with Crippen molar-refractivity contribution in [2.45, 2.75) is 52.2 Å². The van der Waals surface area contributed by atoms with Gasteiger partial charge in [0.05, 0.1) is 6.04 Å². The average molecular weight is 237 g/mol. The Kier molecular flexibility index (Phi) is 2.76. The summed E-state index contributed by atoms with van der Waals surface area (Å²) in [6.45, 7) is 7.43. The molecule has 1 saturated heterocycles. The van der Waals surface area contributed by atoms with Gasteiger partial charge in [-0.1, -0.05) is 6.08 Å². The van der Waals surface area contributed by atoms with Crippen LogP contribution in [-0.2, 0) is 9.53 Å². The number of ketones is 1. The van der Waals surface area contributed by atoms with Crippen LogP contribution in [0.2, 0.25) is 0 Å². The van der Waals surface area contributed by atoms with Crippen molar-refractivity contribution in [3.05, 3.63) is 11.8 Å². The van der Waals surface area contributed by atoms with Gasteiger partial charge in [0.1, 0.15) is 11.4 Å². The maximum absolute atomic E-state index is 12.0. The van der Waals surface area contributed by atoms with Gasteiger partial charge < -0.3 is 4.74 Å². The summed E-state index contributed by atoms with van der Waals surface area (Å²) in [5, 5.41) is 0. The molecule has 1 heterocycles. The van der Waals surface area contributed by atoms with Gasteiger partial charge in [0, 0.05) is 24.5 Å². The van der Waals surface area contributed by atoms with Crippen LogP contribution in [0, 0.1) is 5.92 Å². The number of Topliss-reactive ketones (excluding diaryl/α,β-unsaturated/α-hetero) is 1. The van der Waals surface area contributed by atoms with Crippen molar-refractivity contribution in [3.63, 3.8) is 0 Å². The zero-order valence-corrected chi connectivity index (χ0v) is 10.8. The van der Waals surface area contributed by atoms with E-state index in [0.717, 1.165) is 5.70 Å². The second-order valence-corrected chi connectivity index (χ2v) is 5.68. The van der Waals surface area contributed by atoms with Gasteiger partial charge in [-0.15, -0.1) is 0 Å². The molecule has 2 fully saturated rings. The van der Waals surface area contributed by atoms with Crippen LogP contribution in [-0.4, -0.2) is 28.4 Å². The zero-order valence-electron chi connectivity index (χ0n) is 10.8. The predicted molar refractivity (Wildman–Crippen MR) is 63.3 cm³/mol. The maximum atomic E-state index is 12.0. The summed E-state index contributed by atoms with van der Waals surface area (Å²) in [7, 11) is 0. The molecule has 2 rings (SSSR count). The first kappa shape index (κ1) is 12.1. The molecule has 94 valence electrons. The molecule has 17 heavy (non-hydrogen) atoms. The van der Waals surface area contributed by atoms with Crippen molar-refractivity contribution in [2.75, 3.05) is 0 Å². The molecule has 1 aliphatic heterocycles. The van der Waals surface area contributed by atoms with E-state index in [9.17, 15) is 9.59 Å². The number of hydrogen-bond donors (Lipinski definition) is 0. The number of nitrogens with zero attached hydrogens (tertiary/aromatic N) is 1. The van der Waals surface area contributed by atoms with E-state index in [2.05, 4.69) is 0 Å². The number of carbonyl (C=O) groups is 2. The lowest BCUT2D eigenvalue weighted by Crippen LogP contribution is -2.55. The quantitative estimate of drug-likeness (QED) is 0.650. The number of hydrogen-bond acceptors (Lipinski definition) is 3. The topological polar surface area (TPSA) is 46.6 Å². The summed E-state index contributed by atoms with van der Waals surface area (Å²) < 4.78 is 5.35. The molecule has 0 N–H and O–H groups in total. The standard InChI is InChI=1S/C13H19NO3/c1-5-10-9-6-8(15)7-11(9)14(10)12(16)17-13(2,3)4/h5,9,11H,6-7H2,1-4H3. The van der Waals surface area contributed by atoms with Crippen LogP contribution >= 0.6 is 0 Å². The fraction of sp³-hybridized carbons (Fsp3) is 0.692. The summed E-state index contributed by atoms with van der Waals surface area (Å²) in [6, 6.07) is 0.0311. The van der Waals surface area contributed by atoms with Crippen molar-refractivity contribution in [3.8, 4) is 0 Å². The van der Waals surface area contributed by atoms with Crippen LogP contribution in [0.5, 0.6) is 0 Å². The second-order valence-electron chi connectivity index (χ2n) is 5.68. The molecule has 4 nitrogen and oxygen atoms in total. The molecule has 2 aliphatic rings. The van der Waals surface area contributed by atoms with Crippen LogP contribution in [0.1, 0.15) is 40.5 Å². The second kappa shape index (κ2) is 3.86. The molecule has 0 aromatic carbocycles. The van der Waals surface area contributed by atoms with Crippen molar-refractivity contribution in [1.82, 2.24) is 4.90 Å². The van der Waals surface area contributed by atoms with Gasteiger partial charge in [0.15, 0.2) is 0 Å². The minimum atomic E-state index is -0.496. The smallest absolute Gasteiger partial charge is 0.414 e. The Bertz CT molecular complexity index is 392. The van der Waals surface area contributed by atoms with Crippen molar-refractivity contribution in [1.29, 1.82) is 0 Å². The molecule has 2 unspecified atom stereocenters. The predicted octanol–water partition coefficient (Wildman–Crippen LogP) is 2.49. The molecule has 4 heteroatoms. The van der Waals surface area contributed by atoms with Gasteiger partial charge in [0.25, 0.3) is 0 Å². The number of amides is 1. The molecule has 0 aromatic rings. The molecule has 1 saturated carbocycles. The van der Waals surface area contributed by atoms with E-state index in [1.807, 2.05) is 33.8 Å². The SMILES string of the molecule is CC=C1C2CC(=O)CC2N1C(=O)OC(C)(C)C. The van der Waals surface area contributed by atoms with Crippen molar-refractivity contribution >= 4 is 11.9 Å². The number of allylic oxidation sites excluding steroid dienone is 1. The molecule has 1 aliphatic carbocycles. The lowest BCUT2D eigenvalue weighted by Gasteiger charge is -2.46. The highest BCUT2D eigenvalue weighted by molar-refractivity contribution is 5.86. The van der Waals surface area contributed by atoms with Crippen LogP contribution in [0.3, 0.4) is 0 Å². The third-order valence-corrected chi connectivity index (χ3v) is 3.22. The molecular weight excluding hydrogens is 218 g/mol. The van der Waals surface area contributed by atoms with Crippen molar-refractivity contribution in [2.24, 2.45) is 5.92 Å². The summed E-state index contributed by atoms with van der Waals surface area (Å²) in [5.74, 6) is 0.477. The summed E-state index contributed by atoms with van der Waals surface area (Å²) in [6.07, 6.45) is 2.62. The molecule has 2 atom stereocenters. The molecule has 0 bridgehead atoms. The fourth-order valence-electron chi connectivity index (χ4n) is 2.61. The van der Waals surface area contributed by atoms with Crippen molar-refractivity contribution < 1.29 is 14.3 Å². The minimum Gasteiger partial charge on any atom is -0.443 e. The van der Waals surface area contributed by atoms with Gasteiger partial charge in [-0.05, 0) is 27.7 Å². The number of fused-ring (bicyclic) bond motifs is 1. The fourth-order valence-corrected chi connectivity index (χ4v) is 2.61. The van der Waals surface area contributed by atoms with E-state index in [1.165, 1.54) is 0 Å². The molecular formula is C13H19NO3. The monoisotopic (exact) mass is 237 g/mol. The Balaban J connectivity index is 2.11. The first-order valence-electron chi connectivity index (χ1n) is 6.03.